The Bertz CT molecular complexity index is 277. The number of unbranched alkanes of at least 4 members (excludes halogenated alkanes) is 2. The number of hydrogen-bond acceptors (Lipinski definition) is 1. The number of piperidine rings is 1. The van der Waals surface area contributed by atoms with Gasteiger partial charge in [0.2, 0.25) is 0 Å². The third-order valence-electron chi connectivity index (χ3n) is 4.36. The molecule has 1 aliphatic rings. The summed E-state index contributed by atoms with van der Waals surface area (Å²) in [7, 11) is 2.30. The fourth-order valence-electron chi connectivity index (χ4n) is 2.99. The lowest BCUT2D eigenvalue weighted by atomic mass is 9.96. The van der Waals surface area contributed by atoms with Crippen LogP contribution in [-0.4, -0.2) is 24.5 Å². The minimum Gasteiger partial charge on any atom is -0.303 e. The van der Waals surface area contributed by atoms with Gasteiger partial charge in [0.1, 0.15) is 0 Å². The van der Waals surface area contributed by atoms with Gasteiger partial charge in [0.25, 0.3) is 0 Å². The monoisotopic (exact) mass is 263 g/mol. The van der Waals surface area contributed by atoms with Gasteiger partial charge in [0, 0.05) is 6.04 Å². The van der Waals surface area contributed by atoms with Crippen LogP contribution in [0.4, 0.5) is 0 Å². The van der Waals surface area contributed by atoms with E-state index < -0.39 is 0 Å². The Morgan fingerprint density at radius 1 is 1.21 bits per heavy atom. The molecule has 0 amide bonds. The Labute approximate surface area is 120 Å². The second-order valence-electron chi connectivity index (χ2n) is 5.90. The summed E-state index contributed by atoms with van der Waals surface area (Å²) in [5.41, 5.74) is 1.51. The topological polar surface area (TPSA) is 3.24 Å². The first kappa shape index (κ1) is 16.5. The molecule has 19 heavy (non-hydrogen) atoms. The molecule has 1 nitrogen and oxygen atoms in total. The number of likely N-dealkylation sites (tertiary alicyclic amines) is 1. The lowest BCUT2D eigenvalue weighted by molar-refractivity contribution is 0.173. The maximum Gasteiger partial charge on any atom is 0.00922 e. The molecule has 0 aliphatic carbocycles. The Balaban J connectivity index is 2.08. The zero-order valence-corrected chi connectivity index (χ0v) is 13.3. The van der Waals surface area contributed by atoms with E-state index >= 15 is 0 Å². The Hall–Kier alpha value is -0.560. The van der Waals surface area contributed by atoms with Crippen LogP contribution in [0.15, 0.2) is 23.8 Å². The van der Waals surface area contributed by atoms with Gasteiger partial charge in [0.05, 0.1) is 0 Å². The highest BCUT2D eigenvalue weighted by Crippen LogP contribution is 2.21. The lowest BCUT2D eigenvalue weighted by Crippen LogP contribution is -2.35. The zero-order chi connectivity index (χ0) is 13.9. The summed E-state index contributed by atoms with van der Waals surface area (Å²) in [5, 5.41) is 0. The summed E-state index contributed by atoms with van der Waals surface area (Å²) in [6.07, 6.45) is 19.1. The van der Waals surface area contributed by atoms with Crippen molar-refractivity contribution in [3.8, 4) is 0 Å². The molecule has 0 spiro atoms. The van der Waals surface area contributed by atoms with E-state index in [2.05, 4.69) is 44.0 Å². The van der Waals surface area contributed by atoms with Crippen LogP contribution in [0.3, 0.4) is 0 Å². The standard InChI is InChI=1S/C18H33N/c1-4-6-12-17(5-2)13-8-7-9-14-18-15-10-11-16-19(18)3/h5-6,12,18H,4,7-11,13-16H2,1-3H3/b12-6-,17-5+. The second-order valence-corrected chi connectivity index (χ2v) is 5.90. The third kappa shape index (κ3) is 6.96. The van der Waals surface area contributed by atoms with E-state index in [9.17, 15) is 0 Å². The molecule has 0 N–H and O–H groups in total. The Morgan fingerprint density at radius 2 is 2.05 bits per heavy atom. The molecule has 1 saturated heterocycles. The van der Waals surface area contributed by atoms with Crippen LogP contribution in [0.2, 0.25) is 0 Å². The van der Waals surface area contributed by atoms with E-state index in [0.717, 1.165) is 12.5 Å². The summed E-state index contributed by atoms with van der Waals surface area (Å²) < 4.78 is 0. The Kier molecular flexibility index (Phi) is 8.90. The van der Waals surface area contributed by atoms with Crippen LogP contribution in [0.25, 0.3) is 0 Å². The molecule has 1 rings (SSSR count). The Morgan fingerprint density at radius 3 is 2.74 bits per heavy atom. The minimum atomic E-state index is 0.870. The van der Waals surface area contributed by atoms with E-state index in [1.165, 1.54) is 63.5 Å². The van der Waals surface area contributed by atoms with Crippen LogP contribution in [0.5, 0.6) is 0 Å². The zero-order valence-electron chi connectivity index (χ0n) is 13.3. The number of allylic oxidation sites excluding steroid dienone is 4. The van der Waals surface area contributed by atoms with Crippen molar-refractivity contribution >= 4 is 0 Å². The molecule has 1 aliphatic heterocycles. The highest BCUT2D eigenvalue weighted by Gasteiger charge is 2.17. The van der Waals surface area contributed by atoms with Gasteiger partial charge >= 0.3 is 0 Å². The molecule has 0 aromatic rings. The molecule has 1 unspecified atom stereocenters. The van der Waals surface area contributed by atoms with Crippen LogP contribution in [-0.2, 0) is 0 Å². The SMILES string of the molecule is C/C=C(\C=C/CC)CCCCCC1CCCCN1C. The smallest absolute Gasteiger partial charge is 0.00922 e. The van der Waals surface area contributed by atoms with E-state index in [4.69, 9.17) is 0 Å². The van der Waals surface area contributed by atoms with Gasteiger partial charge in [-0.2, -0.15) is 0 Å². The fourth-order valence-corrected chi connectivity index (χ4v) is 2.99. The van der Waals surface area contributed by atoms with Crippen molar-refractivity contribution in [3.05, 3.63) is 23.8 Å². The van der Waals surface area contributed by atoms with Gasteiger partial charge < -0.3 is 4.90 Å². The van der Waals surface area contributed by atoms with E-state index in [1.807, 2.05) is 0 Å². The maximum absolute atomic E-state index is 2.57. The molecule has 1 heterocycles. The number of rotatable bonds is 8. The van der Waals surface area contributed by atoms with Crippen molar-refractivity contribution in [2.24, 2.45) is 0 Å². The molecule has 110 valence electrons. The molecule has 1 fully saturated rings. The van der Waals surface area contributed by atoms with Crippen molar-refractivity contribution in [3.63, 3.8) is 0 Å². The molecule has 1 atom stereocenters. The molecule has 0 aromatic carbocycles. The van der Waals surface area contributed by atoms with Crippen molar-refractivity contribution in [1.29, 1.82) is 0 Å². The first-order chi connectivity index (χ1) is 9.27. The lowest BCUT2D eigenvalue weighted by Gasteiger charge is -2.32. The predicted octanol–water partition coefficient (Wildman–Crippen LogP) is 5.33. The summed E-state index contributed by atoms with van der Waals surface area (Å²) >= 11 is 0. The van der Waals surface area contributed by atoms with Gasteiger partial charge in [-0.1, -0.05) is 50.0 Å². The van der Waals surface area contributed by atoms with Gasteiger partial charge in [0.15, 0.2) is 0 Å². The summed E-state index contributed by atoms with van der Waals surface area (Å²) in [6, 6.07) is 0.870. The highest BCUT2D eigenvalue weighted by molar-refractivity contribution is 5.17. The summed E-state index contributed by atoms with van der Waals surface area (Å²) in [6.45, 7) is 5.67. The van der Waals surface area contributed by atoms with Crippen molar-refractivity contribution < 1.29 is 0 Å². The molecule has 0 bridgehead atoms. The average molecular weight is 263 g/mol. The van der Waals surface area contributed by atoms with Crippen LogP contribution < -0.4 is 0 Å². The summed E-state index contributed by atoms with van der Waals surface area (Å²) in [5.74, 6) is 0. The van der Waals surface area contributed by atoms with Crippen molar-refractivity contribution in [2.45, 2.75) is 77.7 Å². The van der Waals surface area contributed by atoms with Gasteiger partial charge in [-0.3, -0.25) is 0 Å². The highest BCUT2D eigenvalue weighted by atomic mass is 15.1. The first-order valence-corrected chi connectivity index (χ1v) is 8.30. The van der Waals surface area contributed by atoms with E-state index in [1.54, 1.807) is 0 Å². The van der Waals surface area contributed by atoms with Crippen LogP contribution in [0.1, 0.15) is 71.6 Å². The molecule has 1 heteroatoms. The molecule has 0 saturated carbocycles. The third-order valence-corrected chi connectivity index (χ3v) is 4.36. The van der Waals surface area contributed by atoms with Gasteiger partial charge in [-0.15, -0.1) is 0 Å². The molecular formula is C18H33N. The number of nitrogens with zero attached hydrogens (tertiary/aromatic N) is 1. The molecule has 0 radical (unpaired) electrons. The van der Waals surface area contributed by atoms with E-state index in [-0.39, 0.29) is 0 Å². The van der Waals surface area contributed by atoms with Crippen LogP contribution in [0, 0.1) is 0 Å². The number of hydrogen-bond donors (Lipinski definition) is 0. The second kappa shape index (κ2) is 10.3. The van der Waals surface area contributed by atoms with Gasteiger partial charge in [-0.05, 0) is 59.0 Å². The predicted molar refractivity (Wildman–Crippen MR) is 86.5 cm³/mol. The molecule has 0 aromatic heterocycles. The minimum absolute atomic E-state index is 0.870. The normalized spacial score (nSPS) is 22.3. The first-order valence-electron chi connectivity index (χ1n) is 8.30. The fraction of sp³-hybridized carbons (Fsp3) is 0.778. The quantitative estimate of drug-likeness (QED) is 0.422. The van der Waals surface area contributed by atoms with Crippen LogP contribution >= 0.6 is 0 Å². The maximum atomic E-state index is 2.57. The van der Waals surface area contributed by atoms with E-state index in [0.29, 0.717) is 0 Å². The molecular weight excluding hydrogens is 230 g/mol. The summed E-state index contributed by atoms with van der Waals surface area (Å²) in [4.78, 5) is 2.57. The largest absolute Gasteiger partial charge is 0.303 e. The van der Waals surface area contributed by atoms with Gasteiger partial charge in [-0.25, -0.2) is 0 Å². The average Bonchev–Trinajstić information content (AvgIpc) is 2.43. The van der Waals surface area contributed by atoms with Crippen molar-refractivity contribution in [1.82, 2.24) is 4.90 Å². The van der Waals surface area contributed by atoms with Crippen molar-refractivity contribution in [2.75, 3.05) is 13.6 Å².